The van der Waals surface area contributed by atoms with E-state index in [1.165, 1.54) is 0 Å². The minimum Gasteiger partial charge on any atom is -0.382 e. The second kappa shape index (κ2) is 5.41. The molecule has 1 aliphatic heterocycles. The zero-order valence-electron chi connectivity index (χ0n) is 13.5. The summed E-state index contributed by atoms with van der Waals surface area (Å²) in [5.74, 6) is 0.474. The van der Waals surface area contributed by atoms with Crippen molar-refractivity contribution in [3.8, 4) is 0 Å². The number of carbonyl (C=O) groups is 1. The maximum absolute atomic E-state index is 13.2. The molecule has 0 bridgehead atoms. The van der Waals surface area contributed by atoms with Gasteiger partial charge in [0.05, 0.1) is 11.6 Å². The summed E-state index contributed by atoms with van der Waals surface area (Å²) in [6, 6.07) is 8.18. The first kappa shape index (κ1) is 14.3. The lowest BCUT2D eigenvalue weighted by molar-refractivity contribution is 0.0851. The molecule has 2 aromatic rings. The molecule has 0 saturated carbocycles. The molecule has 1 aromatic carbocycles. The van der Waals surface area contributed by atoms with Crippen LogP contribution < -0.4 is 10.6 Å². The van der Waals surface area contributed by atoms with Crippen molar-refractivity contribution in [1.82, 2.24) is 9.78 Å². The van der Waals surface area contributed by atoms with Crippen molar-refractivity contribution in [2.75, 3.05) is 24.2 Å². The molecule has 2 heterocycles. The molecule has 1 unspecified atom stereocenters. The number of aromatic nitrogens is 2. The predicted molar refractivity (Wildman–Crippen MR) is 91.0 cm³/mol. The maximum Gasteiger partial charge on any atom is 0.254 e. The normalized spacial score (nSPS) is 20.0. The van der Waals surface area contributed by atoms with E-state index in [0.29, 0.717) is 5.82 Å². The molecule has 23 heavy (non-hydrogen) atoms. The smallest absolute Gasteiger partial charge is 0.254 e. The minimum atomic E-state index is -0.132. The number of nitrogens with zero attached hydrogens (tertiary/aromatic N) is 3. The lowest BCUT2D eigenvalue weighted by Gasteiger charge is -2.32. The van der Waals surface area contributed by atoms with E-state index in [0.717, 1.165) is 61.2 Å². The number of benzene rings is 1. The number of fused-ring (bicyclic) bond motifs is 2. The van der Waals surface area contributed by atoms with Gasteiger partial charge in [-0.1, -0.05) is 18.2 Å². The van der Waals surface area contributed by atoms with Gasteiger partial charge < -0.3 is 10.6 Å². The maximum atomic E-state index is 13.2. The molecule has 120 valence electrons. The highest BCUT2D eigenvalue weighted by Crippen LogP contribution is 2.36. The number of para-hydroxylation sites is 1. The van der Waals surface area contributed by atoms with Gasteiger partial charge in [-0.15, -0.1) is 5.10 Å². The molecular formula is C18H22N4O. The average molecular weight is 310 g/mol. The Kier molecular flexibility index (Phi) is 3.36. The summed E-state index contributed by atoms with van der Waals surface area (Å²) in [6.45, 7) is 0.881. The highest BCUT2D eigenvalue weighted by atomic mass is 16.2. The van der Waals surface area contributed by atoms with Crippen molar-refractivity contribution in [3.05, 3.63) is 41.1 Å². The van der Waals surface area contributed by atoms with E-state index in [-0.39, 0.29) is 11.8 Å². The number of carbonyl (C=O) groups excluding carboxylic acids is 1. The standard InChI is InChI=1S/C18H22N4O/c1-21-11-10-13(12-6-2-4-8-15(12)21)18(23)22-16-9-5-3-7-14(16)17(19)20-22/h2,4,6,8,13H,3,5,7,9-11H2,1H3,(H2,19,20). The van der Waals surface area contributed by atoms with Crippen molar-refractivity contribution in [2.45, 2.75) is 38.0 Å². The second-order valence-electron chi connectivity index (χ2n) is 6.59. The topological polar surface area (TPSA) is 64.2 Å². The van der Waals surface area contributed by atoms with E-state index in [1.807, 2.05) is 12.1 Å². The zero-order chi connectivity index (χ0) is 16.0. The van der Waals surface area contributed by atoms with Gasteiger partial charge in [0.25, 0.3) is 5.91 Å². The molecule has 0 amide bonds. The van der Waals surface area contributed by atoms with Crippen LogP contribution in [0.2, 0.25) is 0 Å². The molecule has 1 atom stereocenters. The average Bonchev–Trinajstić information content (AvgIpc) is 2.92. The predicted octanol–water partition coefficient (Wildman–Crippen LogP) is 2.61. The number of hydrogen-bond acceptors (Lipinski definition) is 4. The Morgan fingerprint density at radius 2 is 2.04 bits per heavy atom. The van der Waals surface area contributed by atoms with Crippen molar-refractivity contribution in [1.29, 1.82) is 0 Å². The molecule has 2 N–H and O–H groups in total. The van der Waals surface area contributed by atoms with Crippen LogP contribution in [0, 0.1) is 0 Å². The van der Waals surface area contributed by atoms with Crippen molar-refractivity contribution in [2.24, 2.45) is 0 Å². The zero-order valence-corrected chi connectivity index (χ0v) is 13.5. The monoisotopic (exact) mass is 310 g/mol. The third-order valence-corrected chi connectivity index (χ3v) is 5.19. The van der Waals surface area contributed by atoms with Gasteiger partial charge in [0.1, 0.15) is 5.82 Å². The first-order chi connectivity index (χ1) is 11.2. The van der Waals surface area contributed by atoms with Gasteiger partial charge in [-0.2, -0.15) is 0 Å². The third-order valence-electron chi connectivity index (χ3n) is 5.19. The molecule has 0 spiro atoms. The lowest BCUT2D eigenvalue weighted by atomic mass is 9.89. The Hall–Kier alpha value is -2.30. The van der Waals surface area contributed by atoms with Crippen LogP contribution in [-0.4, -0.2) is 29.3 Å². The lowest BCUT2D eigenvalue weighted by Crippen LogP contribution is -2.33. The van der Waals surface area contributed by atoms with Crippen LogP contribution >= 0.6 is 0 Å². The fourth-order valence-corrected chi connectivity index (χ4v) is 3.94. The van der Waals surface area contributed by atoms with Crippen LogP contribution in [0.4, 0.5) is 11.5 Å². The Bertz CT molecular complexity index is 764. The van der Waals surface area contributed by atoms with Gasteiger partial charge in [0, 0.05) is 24.8 Å². The van der Waals surface area contributed by atoms with E-state index in [4.69, 9.17) is 5.73 Å². The van der Waals surface area contributed by atoms with E-state index >= 15 is 0 Å². The molecule has 2 aliphatic rings. The fourth-order valence-electron chi connectivity index (χ4n) is 3.94. The fraction of sp³-hybridized carbons (Fsp3) is 0.444. The van der Waals surface area contributed by atoms with Crippen molar-refractivity contribution >= 4 is 17.4 Å². The minimum absolute atomic E-state index is 0.0698. The number of nitrogens with two attached hydrogens (primary N) is 1. The molecule has 0 radical (unpaired) electrons. The molecular weight excluding hydrogens is 288 g/mol. The van der Waals surface area contributed by atoms with E-state index in [2.05, 4.69) is 29.2 Å². The van der Waals surface area contributed by atoms with E-state index < -0.39 is 0 Å². The third kappa shape index (κ3) is 2.22. The Balaban J connectivity index is 1.75. The van der Waals surface area contributed by atoms with Crippen LogP contribution in [0.3, 0.4) is 0 Å². The molecule has 4 rings (SSSR count). The van der Waals surface area contributed by atoms with Gasteiger partial charge in [-0.3, -0.25) is 4.79 Å². The largest absolute Gasteiger partial charge is 0.382 e. The quantitative estimate of drug-likeness (QED) is 0.879. The Morgan fingerprint density at radius 3 is 2.91 bits per heavy atom. The van der Waals surface area contributed by atoms with Crippen molar-refractivity contribution < 1.29 is 4.79 Å². The molecule has 1 aromatic heterocycles. The summed E-state index contributed by atoms with van der Waals surface area (Å²) in [4.78, 5) is 15.4. The summed E-state index contributed by atoms with van der Waals surface area (Å²) in [5.41, 5.74) is 10.4. The van der Waals surface area contributed by atoms with Gasteiger partial charge in [-0.05, 0) is 43.7 Å². The van der Waals surface area contributed by atoms with Crippen LogP contribution in [-0.2, 0) is 12.8 Å². The number of nitrogen functional groups attached to an aromatic ring is 1. The first-order valence-electron chi connectivity index (χ1n) is 8.37. The summed E-state index contributed by atoms with van der Waals surface area (Å²) in [5, 5.41) is 4.39. The molecule has 5 heteroatoms. The van der Waals surface area contributed by atoms with Crippen molar-refractivity contribution in [3.63, 3.8) is 0 Å². The first-order valence-corrected chi connectivity index (χ1v) is 8.37. The van der Waals surface area contributed by atoms with Gasteiger partial charge in [0.2, 0.25) is 0 Å². The molecule has 0 fully saturated rings. The highest BCUT2D eigenvalue weighted by molar-refractivity contribution is 5.89. The number of rotatable bonds is 1. The highest BCUT2D eigenvalue weighted by Gasteiger charge is 2.32. The summed E-state index contributed by atoms with van der Waals surface area (Å²) in [7, 11) is 2.08. The van der Waals surface area contributed by atoms with Gasteiger partial charge in [0.15, 0.2) is 0 Å². The van der Waals surface area contributed by atoms with Crippen LogP contribution in [0.5, 0.6) is 0 Å². The van der Waals surface area contributed by atoms with Crippen LogP contribution in [0.15, 0.2) is 24.3 Å². The van der Waals surface area contributed by atoms with Crippen LogP contribution in [0.1, 0.15) is 46.8 Å². The van der Waals surface area contributed by atoms with Crippen LogP contribution in [0.25, 0.3) is 0 Å². The Labute approximate surface area is 136 Å². The number of hydrogen-bond donors (Lipinski definition) is 1. The molecule has 5 nitrogen and oxygen atoms in total. The summed E-state index contributed by atoms with van der Waals surface area (Å²) in [6.07, 6.45) is 4.91. The summed E-state index contributed by atoms with van der Waals surface area (Å²) < 4.78 is 1.61. The van der Waals surface area contributed by atoms with Gasteiger partial charge >= 0.3 is 0 Å². The number of anilines is 2. The molecule has 1 aliphatic carbocycles. The second-order valence-corrected chi connectivity index (χ2v) is 6.59. The Morgan fingerprint density at radius 1 is 1.26 bits per heavy atom. The summed E-state index contributed by atoms with van der Waals surface area (Å²) >= 11 is 0. The molecule has 0 saturated heterocycles. The van der Waals surface area contributed by atoms with E-state index in [9.17, 15) is 4.79 Å². The van der Waals surface area contributed by atoms with Gasteiger partial charge in [-0.25, -0.2) is 4.68 Å². The van der Waals surface area contributed by atoms with E-state index in [1.54, 1.807) is 4.68 Å². The SMILES string of the molecule is CN1CCC(C(=O)n2nc(N)c3c2CCCC3)c2ccccc21.